The Hall–Kier alpha value is -2.47. The number of hydrogen-bond acceptors (Lipinski definition) is 5. The summed E-state index contributed by atoms with van der Waals surface area (Å²) >= 11 is 0. The lowest BCUT2D eigenvalue weighted by atomic mass is 9.94. The molecule has 1 saturated heterocycles. The van der Waals surface area contributed by atoms with Gasteiger partial charge in [0.05, 0.1) is 5.92 Å². The van der Waals surface area contributed by atoms with E-state index in [4.69, 9.17) is 5.73 Å². The normalized spacial score (nSPS) is 17.7. The third-order valence-electron chi connectivity index (χ3n) is 4.80. The van der Waals surface area contributed by atoms with Crippen molar-refractivity contribution in [2.24, 2.45) is 11.7 Å². The van der Waals surface area contributed by atoms with Crippen LogP contribution in [0, 0.1) is 5.92 Å². The Morgan fingerprint density at radius 2 is 1.88 bits per heavy atom. The smallest absolute Gasteiger partial charge is 0.227 e. The Balaban J connectivity index is 1.63. The summed E-state index contributed by atoms with van der Waals surface area (Å²) in [4.78, 5) is 17.0. The van der Waals surface area contributed by atoms with Gasteiger partial charge in [0.1, 0.15) is 0 Å². The molecule has 0 radical (unpaired) electrons. The van der Waals surface area contributed by atoms with Gasteiger partial charge in [0.2, 0.25) is 5.91 Å². The topological polar surface area (TPSA) is 75.4 Å². The fraction of sp³-hybridized carbons (Fsp3) is 0.421. The second kappa shape index (κ2) is 8.07. The zero-order chi connectivity index (χ0) is 17.6. The average molecular weight is 339 g/mol. The summed E-state index contributed by atoms with van der Waals surface area (Å²) in [5, 5.41) is 8.11. The van der Waals surface area contributed by atoms with Gasteiger partial charge in [0.25, 0.3) is 0 Å². The summed E-state index contributed by atoms with van der Waals surface area (Å²) in [5.41, 5.74) is 7.33. The lowest BCUT2D eigenvalue weighted by Gasteiger charge is -2.28. The third-order valence-corrected chi connectivity index (χ3v) is 4.80. The molecule has 2 N–H and O–H groups in total. The predicted molar refractivity (Wildman–Crippen MR) is 98.0 cm³/mol. The average Bonchev–Trinajstić information content (AvgIpc) is 2.94. The number of anilines is 1. The van der Waals surface area contributed by atoms with Crippen molar-refractivity contribution in [3.63, 3.8) is 0 Å². The molecule has 2 aromatic rings. The number of aromatic nitrogens is 2. The largest absolute Gasteiger partial charge is 0.353 e. The Kier molecular flexibility index (Phi) is 5.60. The van der Waals surface area contributed by atoms with Crippen molar-refractivity contribution < 1.29 is 4.79 Å². The quantitative estimate of drug-likeness (QED) is 0.920. The SMILES string of the molecule is CC(C(=O)N1CCCN(c2cccnn2)CC1)C(N)c1ccccc1. The summed E-state index contributed by atoms with van der Waals surface area (Å²) in [7, 11) is 0. The first kappa shape index (κ1) is 17.4. The molecular formula is C19H25N5O. The van der Waals surface area contributed by atoms with Crippen LogP contribution in [-0.4, -0.2) is 47.2 Å². The molecule has 2 unspecified atom stereocenters. The number of amides is 1. The predicted octanol–water partition coefficient (Wildman–Crippen LogP) is 1.85. The van der Waals surface area contributed by atoms with Crippen LogP contribution >= 0.6 is 0 Å². The lowest BCUT2D eigenvalue weighted by Crippen LogP contribution is -2.41. The monoisotopic (exact) mass is 339 g/mol. The van der Waals surface area contributed by atoms with Gasteiger partial charge in [0, 0.05) is 38.4 Å². The Labute approximate surface area is 148 Å². The van der Waals surface area contributed by atoms with E-state index in [1.165, 1.54) is 0 Å². The van der Waals surface area contributed by atoms with E-state index in [2.05, 4.69) is 15.1 Å². The summed E-state index contributed by atoms with van der Waals surface area (Å²) < 4.78 is 0. The Bertz CT molecular complexity index is 679. The van der Waals surface area contributed by atoms with Crippen molar-refractivity contribution >= 4 is 11.7 Å². The molecule has 1 aliphatic heterocycles. The molecule has 0 bridgehead atoms. The van der Waals surface area contributed by atoms with Gasteiger partial charge in [-0.15, -0.1) is 5.10 Å². The Morgan fingerprint density at radius 1 is 1.08 bits per heavy atom. The van der Waals surface area contributed by atoms with Gasteiger partial charge in [0.15, 0.2) is 5.82 Å². The zero-order valence-corrected chi connectivity index (χ0v) is 14.6. The van der Waals surface area contributed by atoms with Gasteiger partial charge in [-0.2, -0.15) is 5.10 Å². The molecule has 6 nitrogen and oxygen atoms in total. The van der Waals surface area contributed by atoms with Crippen LogP contribution in [-0.2, 0) is 4.79 Å². The van der Waals surface area contributed by atoms with E-state index in [-0.39, 0.29) is 17.9 Å². The molecule has 132 valence electrons. The molecule has 1 aliphatic rings. The Morgan fingerprint density at radius 3 is 2.60 bits per heavy atom. The van der Waals surface area contributed by atoms with Crippen LogP contribution in [0.2, 0.25) is 0 Å². The second-order valence-corrected chi connectivity index (χ2v) is 6.47. The van der Waals surface area contributed by atoms with Gasteiger partial charge < -0.3 is 15.5 Å². The number of nitrogens with zero attached hydrogens (tertiary/aromatic N) is 4. The summed E-state index contributed by atoms with van der Waals surface area (Å²) in [5.74, 6) is 0.744. The zero-order valence-electron chi connectivity index (χ0n) is 14.6. The van der Waals surface area contributed by atoms with Crippen molar-refractivity contribution in [1.82, 2.24) is 15.1 Å². The second-order valence-electron chi connectivity index (χ2n) is 6.47. The van der Waals surface area contributed by atoms with E-state index >= 15 is 0 Å². The fourth-order valence-electron chi connectivity index (χ4n) is 3.23. The van der Waals surface area contributed by atoms with Crippen molar-refractivity contribution in [1.29, 1.82) is 0 Å². The highest BCUT2D eigenvalue weighted by Crippen LogP contribution is 2.22. The summed E-state index contributed by atoms with van der Waals surface area (Å²) in [6.45, 7) is 4.99. The van der Waals surface area contributed by atoms with Crippen LogP contribution in [0.4, 0.5) is 5.82 Å². The van der Waals surface area contributed by atoms with E-state index in [1.807, 2.05) is 54.3 Å². The van der Waals surface area contributed by atoms with E-state index < -0.39 is 0 Å². The van der Waals surface area contributed by atoms with Crippen LogP contribution in [0.5, 0.6) is 0 Å². The molecule has 0 aliphatic carbocycles. The third kappa shape index (κ3) is 4.14. The molecule has 1 fully saturated rings. The first-order valence-electron chi connectivity index (χ1n) is 8.79. The molecule has 1 amide bonds. The molecule has 1 aromatic heterocycles. The molecule has 25 heavy (non-hydrogen) atoms. The van der Waals surface area contributed by atoms with E-state index in [0.29, 0.717) is 6.54 Å². The van der Waals surface area contributed by atoms with Gasteiger partial charge in [-0.3, -0.25) is 4.79 Å². The van der Waals surface area contributed by atoms with Crippen LogP contribution in [0.3, 0.4) is 0 Å². The highest BCUT2D eigenvalue weighted by Gasteiger charge is 2.28. The molecule has 6 heteroatoms. The minimum atomic E-state index is -0.284. The number of nitrogens with two attached hydrogens (primary N) is 1. The molecule has 2 atom stereocenters. The van der Waals surface area contributed by atoms with Crippen molar-refractivity contribution in [2.75, 3.05) is 31.1 Å². The summed E-state index contributed by atoms with van der Waals surface area (Å²) in [6, 6.07) is 13.4. The molecular weight excluding hydrogens is 314 g/mol. The van der Waals surface area contributed by atoms with E-state index in [9.17, 15) is 4.79 Å². The van der Waals surface area contributed by atoms with Crippen LogP contribution in [0.25, 0.3) is 0 Å². The molecule has 0 spiro atoms. The van der Waals surface area contributed by atoms with Gasteiger partial charge in [-0.25, -0.2) is 0 Å². The molecule has 3 rings (SSSR count). The van der Waals surface area contributed by atoms with Crippen molar-refractivity contribution in [3.05, 3.63) is 54.2 Å². The van der Waals surface area contributed by atoms with Crippen LogP contribution in [0.15, 0.2) is 48.7 Å². The van der Waals surface area contributed by atoms with Crippen molar-refractivity contribution in [2.45, 2.75) is 19.4 Å². The van der Waals surface area contributed by atoms with E-state index in [1.54, 1.807) is 6.20 Å². The van der Waals surface area contributed by atoms with Gasteiger partial charge >= 0.3 is 0 Å². The maximum absolute atomic E-state index is 12.9. The highest BCUT2D eigenvalue weighted by molar-refractivity contribution is 5.79. The maximum atomic E-state index is 12.9. The highest BCUT2D eigenvalue weighted by atomic mass is 16.2. The standard InChI is InChI=1S/C19H25N5O/c1-15(18(20)16-7-3-2-4-8-16)19(25)24-12-6-11-23(13-14-24)17-9-5-10-21-22-17/h2-5,7-10,15,18H,6,11-14,20H2,1H3. The number of benzene rings is 1. The molecule has 2 heterocycles. The first-order valence-corrected chi connectivity index (χ1v) is 8.79. The number of hydrogen-bond donors (Lipinski definition) is 1. The summed E-state index contributed by atoms with van der Waals surface area (Å²) in [6.07, 6.45) is 2.58. The fourth-order valence-corrected chi connectivity index (χ4v) is 3.23. The number of carbonyl (C=O) groups is 1. The first-order chi connectivity index (χ1) is 12.2. The van der Waals surface area contributed by atoms with Crippen LogP contribution in [0.1, 0.15) is 24.9 Å². The molecule has 0 saturated carbocycles. The van der Waals surface area contributed by atoms with Gasteiger partial charge in [-0.1, -0.05) is 37.3 Å². The van der Waals surface area contributed by atoms with Gasteiger partial charge in [-0.05, 0) is 24.1 Å². The van der Waals surface area contributed by atoms with Crippen LogP contribution < -0.4 is 10.6 Å². The number of carbonyl (C=O) groups excluding carboxylic acids is 1. The number of rotatable bonds is 4. The lowest BCUT2D eigenvalue weighted by molar-refractivity contribution is -0.135. The minimum absolute atomic E-state index is 0.123. The van der Waals surface area contributed by atoms with E-state index in [0.717, 1.165) is 37.4 Å². The minimum Gasteiger partial charge on any atom is -0.353 e. The van der Waals surface area contributed by atoms with Crippen molar-refractivity contribution in [3.8, 4) is 0 Å². The molecule has 1 aromatic carbocycles. The maximum Gasteiger partial charge on any atom is 0.227 e.